The predicted molar refractivity (Wildman–Crippen MR) is 84.3 cm³/mol. The number of amides is 1. The monoisotopic (exact) mass is 328 g/mol. The quantitative estimate of drug-likeness (QED) is 0.792. The lowest BCUT2D eigenvalue weighted by Gasteiger charge is -2.20. The van der Waals surface area contributed by atoms with Gasteiger partial charge in [-0.1, -0.05) is 25.4 Å². The normalized spacial score (nSPS) is 12.1. The Kier molecular flexibility index (Phi) is 6.55. The molecule has 122 valence electrons. The molecule has 0 saturated carbocycles. The minimum absolute atomic E-state index is 0.0227. The first-order valence-corrected chi connectivity index (χ1v) is 7.50. The van der Waals surface area contributed by atoms with Gasteiger partial charge >= 0.3 is 5.97 Å². The van der Waals surface area contributed by atoms with Crippen molar-refractivity contribution in [2.24, 2.45) is 5.92 Å². The summed E-state index contributed by atoms with van der Waals surface area (Å²) in [5.74, 6) is -1.60. The van der Waals surface area contributed by atoms with Crippen LogP contribution in [0.2, 0.25) is 5.02 Å². The number of carboxylic acid groups (broad SMARTS) is 1. The topological polar surface area (TPSA) is 95.4 Å². The number of hydrogen-bond acceptors (Lipinski definition) is 5. The van der Waals surface area contributed by atoms with Gasteiger partial charge in [-0.15, -0.1) is 0 Å². The van der Waals surface area contributed by atoms with Gasteiger partial charge in [-0.2, -0.15) is 0 Å². The van der Waals surface area contributed by atoms with E-state index in [-0.39, 0.29) is 16.6 Å². The molecule has 1 heterocycles. The van der Waals surface area contributed by atoms with E-state index in [1.165, 1.54) is 6.20 Å². The Hall–Kier alpha value is -1.89. The molecule has 0 saturated heterocycles. The molecule has 7 nitrogen and oxygen atoms in total. The summed E-state index contributed by atoms with van der Waals surface area (Å²) in [5.41, 5.74) is -0.0227. The second-order valence-corrected chi connectivity index (χ2v) is 5.48. The first kappa shape index (κ1) is 18.2. The zero-order chi connectivity index (χ0) is 16.9. The van der Waals surface area contributed by atoms with E-state index in [0.717, 1.165) is 0 Å². The molecule has 1 amide bonds. The van der Waals surface area contributed by atoms with Gasteiger partial charge in [-0.05, 0) is 19.8 Å². The van der Waals surface area contributed by atoms with E-state index in [4.69, 9.17) is 16.7 Å². The Balaban J connectivity index is 3.06. The number of carboxylic acids is 1. The maximum atomic E-state index is 12.3. The van der Waals surface area contributed by atoms with E-state index in [9.17, 15) is 9.59 Å². The van der Waals surface area contributed by atoms with Crippen molar-refractivity contribution in [1.82, 2.24) is 15.3 Å². The third kappa shape index (κ3) is 4.30. The molecule has 0 aliphatic heterocycles. The van der Waals surface area contributed by atoms with Crippen molar-refractivity contribution in [3.63, 3.8) is 0 Å². The third-order valence-electron chi connectivity index (χ3n) is 3.21. The molecule has 1 atom stereocenters. The van der Waals surface area contributed by atoms with E-state index in [1.54, 1.807) is 13.8 Å². The number of aromatic nitrogens is 2. The molecule has 0 spiro atoms. The van der Waals surface area contributed by atoms with Gasteiger partial charge in [0, 0.05) is 13.1 Å². The van der Waals surface area contributed by atoms with Crippen molar-refractivity contribution in [3.8, 4) is 0 Å². The maximum Gasteiger partial charge on any atom is 0.326 e. The SMILES string of the molecule is CCN(CC)c1ncc(Cl)c(C(=O)N[C@@H](C(=O)O)C(C)C)n1. The van der Waals surface area contributed by atoms with E-state index in [2.05, 4.69) is 15.3 Å². The van der Waals surface area contributed by atoms with Crippen molar-refractivity contribution in [3.05, 3.63) is 16.9 Å². The average molecular weight is 329 g/mol. The summed E-state index contributed by atoms with van der Waals surface area (Å²) in [6.45, 7) is 8.68. The third-order valence-corrected chi connectivity index (χ3v) is 3.49. The van der Waals surface area contributed by atoms with E-state index < -0.39 is 17.9 Å². The zero-order valence-corrected chi connectivity index (χ0v) is 13.9. The summed E-state index contributed by atoms with van der Waals surface area (Å²) >= 11 is 5.97. The fourth-order valence-corrected chi connectivity index (χ4v) is 2.08. The van der Waals surface area contributed by atoms with Crippen LogP contribution in [-0.2, 0) is 4.79 Å². The van der Waals surface area contributed by atoms with Crippen LogP contribution in [0.4, 0.5) is 5.95 Å². The smallest absolute Gasteiger partial charge is 0.326 e. The van der Waals surface area contributed by atoms with Crippen LogP contribution in [0.1, 0.15) is 38.2 Å². The summed E-state index contributed by atoms with van der Waals surface area (Å²) in [6.07, 6.45) is 1.35. The Morgan fingerprint density at radius 3 is 2.41 bits per heavy atom. The van der Waals surface area contributed by atoms with Crippen molar-refractivity contribution in [2.45, 2.75) is 33.7 Å². The highest BCUT2D eigenvalue weighted by molar-refractivity contribution is 6.33. The lowest BCUT2D eigenvalue weighted by molar-refractivity contribution is -0.140. The highest BCUT2D eigenvalue weighted by Crippen LogP contribution is 2.17. The van der Waals surface area contributed by atoms with Gasteiger partial charge in [-0.25, -0.2) is 14.8 Å². The van der Waals surface area contributed by atoms with Gasteiger partial charge in [0.2, 0.25) is 5.95 Å². The van der Waals surface area contributed by atoms with Crippen LogP contribution in [0.3, 0.4) is 0 Å². The first-order valence-electron chi connectivity index (χ1n) is 7.12. The van der Waals surface area contributed by atoms with Crippen molar-refractivity contribution in [2.75, 3.05) is 18.0 Å². The second kappa shape index (κ2) is 7.93. The molecule has 1 rings (SSSR count). The molecule has 0 aromatic carbocycles. The molecule has 0 unspecified atom stereocenters. The van der Waals surface area contributed by atoms with Gasteiger partial charge in [0.05, 0.1) is 11.2 Å². The highest BCUT2D eigenvalue weighted by Gasteiger charge is 2.26. The van der Waals surface area contributed by atoms with E-state index in [0.29, 0.717) is 19.0 Å². The number of carbonyl (C=O) groups is 2. The number of rotatable bonds is 7. The second-order valence-electron chi connectivity index (χ2n) is 5.07. The molecule has 0 bridgehead atoms. The van der Waals surface area contributed by atoms with Crippen LogP contribution in [0.25, 0.3) is 0 Å². The molecule has 0 aliphatic rings. The molecule has 0 radical (unpaired) electrons. The van der Waals surface area contributed by atoms with Crippen molar-refractivity contribution >= 4 is 29.4 Å². The summed E-state index contributed by atoms with van der Waals surface area (Å²) in [4.78, 5) is 33.6. The van der Waals surface area contributed by atoms with Crippen LogP contribution < -0.4 is 10.2 Å². The zero-order valence-electron chi connectivity index (χ0n) is 13.1. The van der Waals surface area contributed by atoms with Crippen LogP contribution >= 0.6 is 11.6 Å². The number of carbonyl (C=O) groups excluding carboxylic acids is 1. The molecule has 22 heavy (non-hydrogen) atoms. The number of nitrogens with one attached hydrogen (secondary N) is 1. The van der Waals surface area contributed by atoms with Crippen molar-refractivity contribution in [1.29, 1.82) is 0 Å². The Morgan fingerprint density at radius 1 is 1.36 bits per heavy atom. The maximum absolute atomic E-state index is 12.3. The van der Waals surface area contributed by atoms with Gasteiger partial charge in [0.15, 0.2) is 5.69 Å². The van der Waals surface area contributed by atoms with Crippen LogP contribution in [0.15, 0.2) is 6.20 Å². The lowest BCUT2D eigenvalue weighted by Crippen LogP contribution is -2.44. The number of hydrogen-bond donors (Lipinski definition) is 2. The molecule has 1 aromatic rings. The summed E-state index contributed by atoms with van der Waals surface area (Å²) in [5, 5.41) is 11.7. The molecule has 1 aromatic heterocycles. The van der Waals surface area contributed by atoms with Crippen LogP contribution in [-0.4, -0.2) is 46.1 Å². The van der Waals surface area contributed by atoms with Crippen LogP contribution in [0.5, 0.6) is 0 Å². The highest BCUT2D eigenvalue weighted by atomic mass is 35.5. The minimum atomic E-state index is -1.10. The Morgan fingerprint density at radius 2 is 1.95 bits per heavy atom. The average Bonchev–Trinajstić information content (AvgIpc) is 2.46. The van der Waals surface area contributed by atoms with Gasteiger partial charge in [0.25, 0.3) is 5.91 Å². The fraction of sp³-hybridized carbons (Fsp3) is 0.571. The summed E-state index contributed by atoms with van der Waals surface area (Å²) in [7, 11) is 0. The fourth-order valence-electron chi connectivity index (χ4n) is 1.90. The molecule has 0 aliphatic carbocycles. The molecular weight excluding hydrogens is 308 g/mol. The molecule has 2 N–H and O–H groups in total. The predicted octanol–water partition coefficient (Wildman–Crippen LogP) is 1.82. The Labute approximate surface area is 134 Å². The van der Waals surface area contributed by atoms with Crippen molar-refractivity contribution < 1.29 is 14.7 Å². The van der Waals surface area contributed by atoms with Gasteiger partial charge < -0.3 is 15.3 Å². The molecule has 8 heteroatoms. The summed E-state index contributed by atoms with van der Waals surface area (Å²) in [6, 6.07) is -1.00. The molecular formula is C14H21ClN4O3. The van der Waals surface area contributed by atoms with E-state index in [1.807, 2.05) is 18.7 Å². The van der Waals surface area contributed by atoms with E-state index >= 15 is 0 Å². The Bertz CT molecular complexity index is 547. The summed E-state index contributed by atoms with van der Waals surface area (Å²) < 4.78 is 0. The number of halogens is 1. The number of aliphatic carboxylic acids is 1. The van der Waals surface area contributed by atoms with Crippen LogP contribution in [0, 0.1) is 5.92 Å². The standard InChI is InChI=1S/C14H21ClN4O3/c1-5-19(6-2)14-16-7-9(15)11(18-14)12(20)17-10(8(3)4)13(21)22/h7-8,10H,5-6H2,1-4H3,(H,17,20)(H,21,22)/t10-/m1/s1. The molecule has 0 fully saturated rings. The van der Waals surface area contributed by atoms with Gasteiger partial charge in [-0.3, -0.25) is 4.79 Å². The minimum Gasteiger partial charge on any atom is -0.480 e. The first-order chi connectivity index (χ1) is 10.3. The largest absolute Gasteiger partial charge is 0.480 e. The van der Waals surface area contributed by atoms with Gasteiger partial charge in [0.1, 0.15) is 6.04 Å². The number of anilines is 1. The lowest BCUT2D eigenvalue weighted by atomic mass is 10.0. The number of nitrogens with zero attached hydrogens (tertiary/aromatic N) is 3.